The minimum Gasteiger partial charge on any atom is -0.461 e. The van der Waals surface area contributed by atoms with Gasteiger partial charge in [-0.1, -0.05) is 6.58 Å². The van der Waals surface area contributed by atoms with Crippen molar-refractivity contribution in [3.63, 3.8) is 0 Å². The smallest absolute Gasteiger partial charge is 0.309 e. The zero-order chi connectivity index (χ0) is 7.56. The Balaban J connectivity index is 2.12. The van der Waals surface area contributed by atoms with Crippen LogP contribution in [0.3, 0.4) is 0 Å². The highest BCUT2D eigenvalue weighted by Crippen LogP contribution is 2.30. The summed E-state index contributed by atoms with van der Waals surface area (Å²) in [6.45, 7) is 5.86. The van der Waals surface area contributed by atoms with Crippen LogP contribution in [-0.4, -0.2) is 12.6 Å². The molecule has 0 bridgehead atoms. The van der Waals surface area contributed by atoms with E-state index in [-0.39, 0.29) is 11.9 Å². The molecule has 1 aliphatic rings. The van der Waals surface area contributed by atoms with Crippen molar-refractivity contribution in [2.24, 2.45) is 5.92 Å². The van der Waals surface area contributed by atoms with Crippen molar-refractivity contribution in [2.75, 3.05) is 6.61 Å². The first-order chi connectivity index (χ1) is 4.70. The van der Waals surface area contributed by atoms with Gasteiger partial charge in [0.2, 0.25) is 0 Å². The molecule has 1 aliphatic carbocycles. The van der Waals surface area contributed by atoms with Crippen molar-refractivity contribution in [2.45, 2.75) is 19.8 Å². The average molecular weight is 140 g/mol. The monoisotopic (exact) mass is 140 g/mol. The number of hydrogen-bond donors (Lipinski definition) is 0. The lowest BCUT2D eigenvalue weighted by molar-refractivity contribution is -0.144. The van der Waals surface area contributed by atoms with Gasteiger partial charge >= 0.3 is 5.97 Å². The minimum atomic E-state index is -0.0528. The fraction of sp³-hybridized carbons (Fsp3) is 0.625. The van der Waals surface area contributed by atoms with Crippen LogP contribution < -0.4 is 0 Å². The number of esters is 1. The van der Waals surface area contributed by atoms with Crippen molar-refractivity contribution in [1.29, 1.82) is 0 Å². The molecule has 0 aromatic carbocycles. The van der Waals surface area contributed by atoms with E-state index in [1.165, 1.54) is 0 Å². The van der Waals surface area contributed by atoms with E-state index in [2.05, 4.69) is 6.58 Å². The van der Waals surface area contributed by atoms with Crippen LogP contribution in [0.4, 0.5) is 0 Å². The quantitative estimate of drug-likeness (QED) is 0.439. The summed E-state index contributed by atoms with van der Waals surface area (Å²) < 4.78 is 4.89. The molecule has 0 aromatic rings. The van der Waals surface area contributed by atoms with Gasteiger partial charge in [-0.3, -0.25) is 4.79 Å². The molecule has 1 saturated carbocycles. The van der Waals surface area contributed by atoms with Crippen LogP contribution >= 0.6 is 0 Å². The second-order valence-corrected chi connectivity index (χ2v) is 2.84. The first kappa shape index (κ1) is 7.32. The Kier molecular flexibility index (Phi) is 2.10. The molecule has 0 N–H and O–H groups in total. The summed E-state index contributed by atoms with van der Waals surface area (Å²) in [5.41, 5.74) is 0.897. The number of rotatable bonds is 3. The first-order valence-corrected chi connectivity index (χ1v) is 3.51. The van der Waals surface area contributed by atoms with Crippen LogP contribution in [0.25, 0.3) is 0 Å². The van der Waals surface area contributed by atoms with E-state index in [9.17, 15) is 4.79 Å². The molecule has 2 nitrogen and oxygen atoms in total. The van der Waals surface area contributed by atoms with Gasteiger partial charge in [0.25, 0.3) is 0 Å². The van der Waals surface area contributed by atoms with E-state index in [4.69, 9.17) is 4.74 Å². The maximum absolute atomic E-state index is 10.8. The Morgan fingerprint density at radius 1 is 1.70 bits per heavy atom. The van der Waals surface area contributed by atoms with E-state index < -0.39 is 0 Å². The fourth-order valence-electron chi connectivity index (χ4n) is 0.631. The number of carbonyl (C=O) groups excluding carboxylic acids is 1. The Hall–Kier alpha value is -0.790. The largest absolute Gasteiger partial charge is 0.461 e. The summed E-state index contributed by atoms with van der Waals surface area (Å²) in [6.07, 6.45) is 2.02. The lowest BCUT2D eigenvalue weighted by Crippen LogP contribution is -2.07. The SMILES string of the molecule is C=C(C)COC(=O)C1CC1. The second-order valence-electron chi connectivity index (χ2n) is 2.84. The summed E-state index contributed by atoms with van der Waals surface area (Å²) >= 11 is 0. The molecule has 0 saturated heterocycles. The van der Waals surface area contributed by atoms with E-state index in [0.29, 0.717) is 6.61 Å². The zero-order valence-electron chi connectivity index (χ0n) is 6.22. The second kappa shape index (κ2) is 2.86. The van der Waals surface area contributed by atoms with Crippen LogP contribution in [0.15, 0.2) is 12.2 Å². The summed E-state index contributed by atoms with van der Waals surface area (Å²) in [5.74, 6) is 0.155. The van der Waals surface area contributed by atoms with Crippen molar-refractivity contribution in [3.8, 4) is 0 Å². The van der Waals surface area contributed by atoms with Crippen LogP contribution in [0.5, 0.6) is 0 Å². The third-order valence-corrected chi connectivity index (χ3v) is 1.37. The molecular formula is C8H12O2. The minimum absolute atomic E-state index is 0.0528. The molecule has 0 atom stereocenters. The third kappa shape index (κ3) is 2.21. The first-order valence-electron chi connectivity index (χ1n) is 3.51. The van der Waals surface area contributed by atoms with E-state index >= 15 is 0 Å². The average Bonchev–Trinajstić information content (AvgIpc) is 2.63. The maximum Gasteiger partial charge on any atom is 0.309 e. The van der Waals surface area contributed by atoms with Gasteiger partial charge in [0.1, 0.15) is 6.61 Å². The summed E-state index contributed by atoms with van der Waals surface area (Å²) in [7, 11) is 0. The Bertz CT molecular complexity index is 157. The molecular weight excluding hydrogens is 128 g/mol. The molecule has 0 aromatic heterocycles. The van der Waals surface area contributed by atoms with E-state index in [0.717, 1.165) is 18.4 Å². The van der Waals surface area contributed by atoms with Crippen molar-refractivity contribution in [1.82, 2.24) is 0 Å². The van der Waals surface area contributed by atoms with Crippen molar-refractivity contribution >= 4 is 5.97 Å². The van der Waals surface area contributed by atoms with Gasteiger partial charge in [-0.15, -0.1) is 0 Å². The molecule has 10 heavy (non-hydrogen) atoms. The van der Waals surface area contributed by atoms with Gasteiger partial charge < -0.3 is 4.74 Å². The molecule has 1 rings (SSSR count). The van der Waals surface area contributed by atoms with Gasteiger partial charge in [0.15, 0.2) is 0 Å². The Labute approximate surface area is 60.9 Å². The van der Waals surface area contributed by atoms with Crippen LogP contribution in [0.2, 0.25) is 0 Å². The Morgan fingerprint density at radius 3 is 2.70 bits per heavy atom. The molecule has 0 amide bonds. The highest BCUT2D eigenvalue weighted by atomic mass is 16.5. The van der Waals surface area contributed by atoms with Crippen molar-refractivity contribution < 1.29 is 9.53 Å². The number of ether oxygens (including phenoxy) is 1. The van der Waals surface area contributed by atoms with Gasteiger partial charge in [-0.25, -0.2) is 0 Å². The van der Waals surface area contributed by atoms with E-state index in [1.54, 1.807) is 0 Å². The van der Waals surface area contributed by atoms with Crippen LogP contribution in [-0.2, 0) is 9.53 Å². The molecule has 0 radical (unpaired) electrons. The van der Waals surface area contributed by atoms with Crippen molar-refractivity contribution in [3.05, 3.63) is 12.2 Å². The topological polar surface area (TPSA) is 26.3 Å². The lowest BCUT2D eigenvalue weighted by atomic mass is 10.4. The van der Waals surface area contributed by atoms with E-state index in [1.807, 2.05) is 6.92 Å². The fourth-order valence-corrected chi connectivity index (χ4v) is 0.631. The van der Waals surface area contributed by atoms with Crippen LogP contribution in [0.1, 0.15) is 19.8 Å². The van der Waals surface area contributed by atoms with Crippen LogP contribution in [0, 0.1) is 5.92 Å². The predicted octanol–water partition coefficient (Wildman–Crippen LogP) is 1.52. The third-order valence-electron chi connectivity index (χ3n) is 1.37. The number of carbonyl (C=O) groups is 1. The highest BCUT2D eigenvalue weighted by Gasteiger charge is 2.30. The summed E-state index contributed by atoms with van der Waals surface area (Å²) in [4.78, 5) is 10.8. The van der Waals surface area contributed by atoms with Gasteiger partial charge in [-0.2, -0.15) is 0 Å². The van der Waals surface area contributed by atoms with Gasteiger partial charge in [0, 0.05) is 0 Å². The molecule has 0 spiro atoms. The highest BCUT2D eigenvalue weighted by molar-refractivity contribution is 5.75. The summed E-state index contributed by atoms with van der Waals surface area (Å²) in [6, 6.07) is 0. The standard InChI is InChI=1S/C8H12O2/c1-6(2)5-10-8(9)7-3-4-7/h7H,1,3-5H2,2H3. The molecule has 56 valence electrons. The molecule has 1 fully saturated rings. The predicted molar refractivity (Wildman–Crippen MR) is 38.5 cm³/mol. The molecule has 0 aliphatic heterocycles. The molecule has 2 heteroatoms. The lowest BCUT2D eigenvalue weighted by Gasteiger charge is -2.01. The Morgan fingerprint density at radius 2 is 2.30 bits per heavy atom. The normalized spacial score (nSPS) is 16.5. The zero-order valence-corrected chi connectivity index (χ0v) is 6.22. The molecule has 0 unspecified atom stereocenters. The summed E-state index contributed by atoms with van der Waals surface area (Å²) in [5, 5.41) is 0. The number of hydrogen-bond acceptors (Lipinski definition) is 2. The molecule has 0 heterocycles. The van der Waals surface area contributed by atoms with Gasteiger partial charge in [0.05, 0.1) is 5.92 Å². The van der Waals surface area contributed by atoms with Gasteiger partial charge in [-0.05, 0) is 25.3 Å². The maximum atomic E-state index is 10.8.